The minimum Gasteiger partial charge on any atom is -0.396 e. The van der Waals surface area contributed by atoms with E-state index in [0.717, 1.165) is 11.8 Å². The van der Waals surface area contributed by atoms with Gasteiger partial charge >= 0.3 is 0 Å². The molecule has 1 aromatic heterocycles. The second-order valence-corrected chi connectivity index (χ2v) is 6.13. The molecule has 1 aromatic carbocycles. The first-order chi connectivity index (χ1) is 9.40. The molecule has 0 saturated carbocycles. The highest BCUT2D eigenvalue weighted by Crippen LogP contribution is 2.20. The average molecular weight is 298 g/mol. The number of benzene rings is 1. The number of sulfonamides is 1. The maximum absolute atomic E-state index is 13.4. The zero-order valence-electron chi connectivity index (χ0n) is 10.9. The Labute approximate surface area is 116 Å². The van der Waals surface area contributed by atoms with Gasteiger partial charge in [-0.25, -0.2) is 22.5 Å². The van der Waals surface area contributed by atoms with E-state index in [1.54, 1.807) is 6.20 Å². The van der Waals surface area contributed by atoms with Crippen LogP contribution in [0, 0.1) is 12.7 Å². The van der Waals surface area contributed by atoms with Crippen molar-refractivity contribution in [3.63, 3.8) is 0 Å². The second-order valence-electron chi connectivity index (χ2n) is 4.37. The van der Waals surface area contributed by atoms with E-state index < -0.39 is 15.8 Å². The van der Waals surface area contributed by atoms with Gasteiger partial charge in [-0.2, -0.15) is 0 Å². The molecule has 0 spiro atoms. The molecular weight excluding hydrogens is 283 g/mol. The predicted molar refractivity (Wildman–Crippen MR) is 73.0 cm³/mol. The zero-order chi connectivity index (χ0) is 14.8. The Morgan fingerprint density at radius 1 is 1.45 bits per heavy atom. The Kier molecular flexibility index (Phi) is 4.05. The van der Waals surface area contributed by atoms with Gasteiger partial charge in [-0.05, 0) is 24.6 Å². The molecular formula is C12H15FN4O2S. The predicted octanol–water partition coefficient (Wildman–Crippen LogP) is 0.960. The SMILES string of the molecule is Cc1cc(S(=O)(=O)NCCc2cnc[nH]2)cc(N)c1F. The summed E-state index contributed by atoms with van der Waals surface area (Å²) in [5, 5.41) is 0. The minimum atomic E-state index is -3.71. The Bertz CT molecular complexity index is 675. The Balaban J connectivity index is 2.10. The van der Waals surface area contributed by atoms with Gasteiger partial charge in [0, 0.05) is 24.9 Å². The molecule has 1 heterocycles. The van der Waals surface area contributed by atoms with Gasteiger partial charge in [-0.15, -0.1) is 0 Å². The van der Waals surface area contributed by atoms with E-state index in [4.69, 9.17) is 5.73 Å². The van der Waals surface area contributed by atoms with Crippen molar-refractivity contribution in [2.75, 3.05) is 12.3 Å². The van der Waals surface area contributed by atoms with Crippen molar-refractivity contribution in [3.8, 4) is 0 Å². The Hall–Kier alpha value is -1.93. The molecule has 0 bridgehead atoms. The van der Waals surface area contributed by atoms with Crippen LogP contribution in [0.3, 0.4) is 0 Å². The number of hydrogen-bond donors (Lipinski definition) is 3. The lowest BCUT2D eigenvalue weighted by Crippen LogP contribution is -2.26. The maximum atomic E-state index is 13.4. The zero-order valence-corrected chi connectivity index (χ0v) is 11.7. The molecule has 8 heteroatoms. The molecule has 0 aliphatic rings. The van der Waals surface area contributed by atoms with E-state index in [1.165, 1.54) is 19.3 Å². The lowest BCUT2D eigenvalue weighted by Gasteiger charge is -2.09. The lowest BCUT2D eigenvalue weighted by atomic mass is 10.2. The number of halogens is 1. The van der Waals surface area contributed by atoms with Crippen LogP contribution in [0.1, 0.15) is 11.3 Å². The number of aromatic nitrogens is 2. The maximum Gasteiger partial charge on any atom is 0.240 e. The lowest BCUT2D eigenvalue weighted by molar-refractivity contribution is 0.580. The van der Waals surface area contributed by atoms with Crippen LogP contribution in [0.15, 0.2) is 29.6 Å². The van der Waals surface area contributed by atoms with E-state index in [-0.39, 0.29) is 22.7 Å². The number of anilines is 1. The van der Waals surface area contributed by atoms with Gasteiger partial charge in [-0.1, -0.05) is 0 Å². The van der Waals surface area contributed by atoms with E-state index in [1.807, 2.05) is 0 Å². The van der Waals surface area contributed by atoms with Crippen molar-refractivity contribution in [2.24, 2.45) is 0 Å². The molecule has 0 amide bonds. The normalized spacial score (nSPS) is 11.7. The Morgan fingerprint density at radius 2 is 2.20 bits per heavy atom. The summed E-state index contributed by atoms with van der Waals surface area (Å²) < 4.78 is 39.9. The molecule has 2 rings (SSSR count). The monoisotopic (exact) mass is 298 g/mol. The van der Waals surface area contributed by atoms with Gasteiger partial charge < -0.3 is 10.7 Å². The van der Waals surface area contributed by atoms with Crippen molar-refractivity contribution in [2.45, 2.75) is 18.2 Å². The summed E-state index contributed by atoms with van der Waals surface area (Å²) in [7, 11) is -3.71. The number of nitrogens with two attached hydrogens (primary N) is 1. The molecule has 0 aliphatic carbocycles. The molecule has 20 heavy (non-hydrogen) atoms. The molecule has 0 fully saturated rings. The molecule has 0 radical (unpaired) electrons. The summed E-state index contributed by atoms with van der Waals surface area (Å²) in [5.74, 6) is -0.596. The summed E-state index contributed by atoms with van der Waals surface area (Å²) in [6, 6.07) is 2.37. The number of aromatic amines is 1. The van der Waals surface area contributed by atoms with Crippen LogP contribution >= 0.6 is 0 Å². The van der Waals surface area contributed by atoms with E-state index in [0.29, 0.717) is 6.42 Å². The highest BCUT2D eigenvalue weighted by Gasteiger charge is 2.17. The van der Waals surface area contributed by atoms with E-state index in [2.05, 4.69) is 14.7 Å². The van der Waals surface area contributed by atoms with Crippen LogP contribution in [0.5, 0.6) is 0 Å². The average Bonchev–Trinajstić information content (AvgIpc) is 2.88. The third-order valence-corrected chi connectivity index (χ3v) is 4.25. The largest absolute Gasteiger partial charge is 0.396 e. The summed E-state index contributed by atoms with van der Waals surface area (Å²) in [4.78, 5) is 6.67. The van der Waals surface area contributed by atoms with Gasteiger partial charge in [0.25, 0.3) is 0 Å². The summed E-state index contributed by atoms with van der Waals surface area (Å²) >= 11 is 0. The van der Waals surface area contributed by atoms with Crippen molar-refractivity contribution in [3.05, 3.63) is 41.7 Å². The van der Waals surface area contributed by atoms with Crippen LogP contribution in [-0.4, -0.2) is 24.9 Å². The fourth-order valence-electron chi connectivity index (χ4n) is 1.74. The molecule has 108 valence electrons. The highest BCUT2D eigenvalue weighted by atomic mass is 32.2. The highest BCUT2D eigenvalue weighted by molar-refractivity contribution is 7.89. The minimum absolute atomic E-state index is 0.0430. The molecule has 6 nitrogen and oxygen atoms in total. The first kappa shape index (κ1) is 14.5. The molecule has 0 atom stereocenters. The van der Waals surface area contributed by atoms with Crippen LogP contribution in [0.25, 0.3) is 0 Å². The summed E-state index contributed by atoms with van der Waals surface area (Å²) in [6.45, 7) is 1.68. The van der Waals surface area contributed by atoms with Crippen LogP contribution < -0.4 is 10.5 Å². The van der Waals surface area contributed by atoms with Crippen LogP contribution in [0.2, 0.25) is 0 Å². The Morgan fingerprint density at radius 3 is 2.80 bits per heavy atom. The molecule has 2 aromatic rings. The number of aryl methyl sites for hydroxylation is 1. The van der Waals surface area contributed by atoms with E-state index in [9.17, 15) is 12.8 Å². The van der Waals surface area contributed by atoms with Crippen molar-refractivity contribution in [1.82, 2.24) is 14.7 Å². The smallest absolute Gasteiger partial charge is 0.240 e. The van der Waals surface area contributed by atoms with Crippen molar-refractivity contribution >= 4 is 15.7 Å². The topological polar surface area (TPSA) is 101 Å². The number of hydrogen-bond acceptors (Lipinski definition) is 4. The number of nitrogens with zero attached hydrogens (tertiary/aromatic N) is 1. The van der Waals surface area contributed by atoms with Gasteiger partial charge in [0.1, 0.15) is 5.82 Å². The second kappa shape index (κ2) is 5.59. The van der Waals surface area contributed by atoms with Crippen LogP contribution in [-0.2, 0) is 16.4 Å². The molecule has 0 saturated heterocycles. The van der Waals surface area contributed by atoms with Gasteiger partial charge in [0.05, 0.1) is 16.9 Å². The number of nitrogens with one attached hydrogen (secondary N) is 2. The fourth-order valence-corrected chi connectivity index (χ4v) is 2.89. The van der Waals surface area contributed by atoms with Crippen LogP contribution in [0.4, 0.5) is 10.1 Å². The number of rotatable bonds is 5. The molecule has 0 aliphatic heterocycles. The third kappa shape index (κ3) is 3.14. The summed E-state index contributed by atoms with van der Waals surface area (Å²) in [6.07, 6.45) is 3.62. The van der Waals surface area contributed by atoms with Crippen molar-refractivity contribution in [1.29, 1.82) is 0 Å². The fraction of sp³-hybridized carbons (Fsp3) is 0.250. The third-order valence-electron chi connectivity index (χ3n) is 2.81. The quantitative estimate of drug-likeness (QED) is 0.716. The number of imidazole rings is 1. The van der Waals surface area contributed by atoms with Gasteiger partial charge in [0.15, 0.2) is 0 Å². The molecule has 4 N–H and O–H groups in total. The van der Waals surface area contributed by atoms with Crippen molar-refractivity contribution < 1.29 is 12.8 Å². The van der Waals surface area contributed by atoms with E-state index >= 15 is 0 Å². The first-order valence-corrected chi connectivity index (χ1v) is 7.41. The standard InChI is InChI=1S/C12H15FN4O2S/c1-8-4-10(5-11(14)12(8)13)20(18,19)17-3-2-9-6-15-7-16-9/h4-7,17H,2-3,14H2,1H3,(H,15,16). The first-order valence-electron chi connectivity index (χ1n) is 5.92. The molecule has 0 unspecified atom stereocenters. The van der Waals surface area contributed by atoms with Gasteiger partial charge in [0.2, 0.25) is 10.0 Å². The summed E-state index contributed by atoms with van der Waals surface area (Å²) in [5.41, 5.74) is 6.28. The number of nitrogen functional groups attached to an aromatic ring is 1. The van der Waals surface area contributed by atoms with Gasteiger partial charge in [-0.3, -0.25) is 0 Å². The number of H-pyrrole nitrogens is 1.